The molecule has 2 rings (SSSR count). The molecule has 0 aliphatic heterocycles. The van der Waals surface area contributed by atoms with Crippen LogP contribution in [0.4, 0.5) is 13.2 Å². The van der Waals surface area contributed by atoms with Gasteiger partial charge < -0.3 is 5.32 Å². The molecule has 0 aliphatic rings. The molecule has 140 valence electrons. The third-order valence-corrected chi connectivity index (χ3v) is 5.43. The van der Waals surface area contributed by atoms with Crippen LogP contribution >= 0.6 is 11.8 Å². The van der Waals surface area contributed by atoms with Crippen molar-refractivity contribution in [2.45, 2.75) is 21.8 Å². The first-order valence-electron chi connectivity index (χ1n) is 7.27. The van der Waals surface area contributed by atoms with E-state index >= 15 is 0 Å². The topological polar surface area (TPSA) is 75.3 Å². The van der Waals surface area contributed by atoms with Gasteiger partial charge in [-0.25, -0.2) is 13.1 Å². The summed E-state index contributed by atoms with van der Waals surface area (Å²) in [5.74, 6) is -0.476. The molecule has 0 saturated heterocycles. The van der Waals surface area contributed by atoms with Crippen molar-refractivity contribution in [3.05, 3.63) is 59.7 Å². The summed E-state index contributed by atoms with van der Waals surface area (Å²) >= 11 is -0.257. The number of hydrogen-bond donors (Lipinski definition) is 2. The van der Waals surface area contributed by atoms with Gasteiger partial charge in [0.05, 0.1) is 4.90 Å². The molecule has 0 bridgehead atoms. The Morgan fingerprint density at radius 2 is 1.77 bits per heavy atom. The Hall–Kier alpha value is -2.04. The Balaban J connectivity index is 2.02. The third kappa shape index (κ3) is 5.75. The molecule has 2 N–H and O–H groups in total. The molecule has 1 amide bonds. The molecule has 5 nitrogen and oxygen atoms in total. The number of halogens is 3. The maximum absolute atomic E-state index is 12.3. The van der Waals surface area contributed by atoms with Gasteiger partial charge in [-0.15, -0.1) is 0 Å². The Labute approximate surface area is 153 Å². The van der Waals surface area contributed by atoms with Gasteiger partial charge in [-0.05, 0) is 60.8 Å². The number of amides is 1. The molecule has 0 spiro atoms. The zero-order valence-electron chi connectivity index (χ0n) is 13.5. The fourth-order valence-corrected chi connectivity index (χ4v) is 3.37. The quantitative estimate of drug-likeness (QED) is 0.726. The summed E-state index contributed by atoms with van der Waals surface area (Å²) in [6.45, 7) is 0.0744. The Morgan fingerprint density at radius 1 is 1.12 bits per heavy atom. The molecule has 0 fully saturated rings. The number of nitrogens with one attached hydrogen (secondary N) is 2. The largest absolute Gasteiger partial charge is 0.446 e. The lowest BCUT2D eigenvalue weighted by Gasteiger charge is -2.09. The number of thioether (sulfide) groups is 1. The minimum absolute atomic E-state index is 0.0148. The SMILES string of the molecule is CNS(=O)(=O)c1cccc(CNC(=O)c2ccc(SC(F)(F)F)cc2)c1. The minimum Gasteiger partial charge on any atom is -0.348 e. The van der Waals surface area contributed by atoms with E-state index in [9.17, 15) is 26.4 Å². The molecular formula is C16H15F3N2O3S2. The van der Waals surface area contributed by atoms with E-state index in [1.807, 2.05) is 0 Å². The maximum Gasteiger partial charge on any atom is 0.446 e. The predicted octanol–water partition coefficient (Wildman–Crippen LogP) is 3.14. The summed E-state index contributed by atoms with van der Waals surface area (Å²) in [5.41, 5.74) is -3.61. The highest BCUT2D eigenvalue weighted by Gasteiger charge is 2.29. The van der Waals surface area contributed by atoms with Crippen LogP contribution in [0.15, 0.2) is 58.3 Å². The monoisotopic (exact) mass is 404 g/mol. The van der Waals surface area contributed by atoms with E-state index in [0.717, 1.165) is 0 Å². The van der Waals surface area contributed by atoms with E-state index in [0.29, 0.717) is 5.56 Å². The number of benzene rings is 2. The predicted molar refractivity (Wildman–Crippen MR) is 92.2 cm³/mol. The van der Waals surface area contributed by atoms with Crippen molar-refractivity contribution in [3.63, 3.8) is 0 Å². The number of carbonyl (C=O) groups excluding carboxylic acids is 1. The van der Waals surface area contributed by atoms with Crippen LogP contribution in [0.5, 0.6) is 0 Å². The van der Waals surface area contributed by atoms with E-state index in [2.05, 4.69) is 10.0 Å². The number of sulfonamides is 1. The third-order valence-electron chi connectivity index (χ3n) is 3.28. The van der Waals surface area contributed by atoms with E-state index in [-0.39, 0.29) is 33.7 Å². The second kappa shape index (κ2) is 8.11. The fraction of sp³-hybridized carbons (Fsp3) is 0.188. The number of carbonyl (C=O) groups is 1. The Kier molecular flexibility index (Phi) is 6.32. The standard InChI is InChI=1S/C16H15F3N2O3S2/c1-20-26(23,24)14-4-2-3-11(9-14)10-21-15(22)12-5-7-13(8-6-12)25-16(17,18)19/h2-9,20H,10H2,1H3,(H,21,22). The van der Waals surface area contributed by atoms with Gasteiger partial charge in [0.1, 0.15) is 0 Å². The highest BCUT2D eigenvalue weighted by molar-refractivity contribution is 8.00. The fourth-order valence-electron chi connectivity index (χ4n) is 2.03. The zero-order valence-corrected chi connectivity index (χ0v) is 15.1. The molecule has 0 aromatic heterocycles. The molecular weight excluding hydrogens is 389 g/mol. The van der Waals surface area contributed by atoms with Crippen LogP contribution in [0.25, 0.3) is 0 Å². The second-order valence-corrected chi connectivity index (χ2v) is 8.13. The average molecular weight is 404 g/mol. The smallest absolute Gasteiger partial charge is 0.348 e. The molecule has 0 heterocycles. The van der Waals surface area contributed by atoms with Gasteiger partial charge in [0.15, 0.2) is 0 Å². The van der Waals surface area contributed by atoms with Crippen LogP contribution in [0.3, 0.4) is 0 Å². The number of hydrogen-bond acceptors (Lipinski definition) is 4. The molecule has 2 aromatic rings. The summed E-state index contributed by atoms with van der Waals surface area (Å²) < 4.78 is 62.6. The summed E-state index contributed by atoms with van der Waals surface area (Å²) in [5, 5.41) is 2.60. The lowest BCUT2D eigenvalue weighted by molar-refractivity contribution is -0.0328. The van der Waals surface area contributed by atoms with E-state index in [1.54, 1.807) is 12.1 Å². The van der Waals surface area contributed by atoms with Crippen LogP contribution in [0.1, 0.15) is 15.9 Å². The van der Waals surface area contributed by atoms with Crippen LogP contribution in [-0.2, 0) is 16.6 Å². The number of rotatable bonds is 6. The lowest BCUT2D eigenvalue weighted by atomic mass is 10.2. The minimum atomic E-state index is -4.39. The van der Waals surface area contributed by atoms with Crippen LogP contribution in [-0.4, -0.2) is 26.9 Å². The molecule has 10 heteroatoms. The highest BCUT2D eigenvalue weighted by Crippen LogP contribution is 2.36. The summed E-state index contributed by atoms with van der Waals surface area (Å²) in [4.78, 5) is 12.1. The summed E-state index contributed by atoms with van der Waals surface area (Å²) in [6, 6.07) is 11.1. The normalized spacial score (nSPS) is 12.0. The van der Waals surface area contributed by atoms with E-state index in [1.165, 1.54) is 43.4 Å². The Bertz CT molecular complexity index is 882. The van der Waals surface area contributed by atoms with Gasteiger partial charge in [0.25, 0.3) is 5.91 Å². The van der Waals surface area contributed by atoms with Crippen LogP contribution < -0.4 is 10.0 Å². The number of alkyl halides is 3. The first kappa shape index (κ1) is 20.3. The van der Waals surface area contributed by atoms with E-state index < -0.39 is 21.4 Å². The highest BCUT2D eigenvalue weighted by atomic mass is 32.2. The first-order valence-corrected chi connectivity index (χ1v) is 9.57. The van der Waals surface area contributed by atoms with Crippen molar-refractivity contribution in [3.8, 4) is 0 Å². The molecule has 0 aliphatic carbocycles. The van der Waals surface area contributed by atoms with Crippen LogP contribution in [0.2, 0.25) is 0 Å². The van der Waals surface area contributed by atoms with Crippen molar-refractivity contribution in [1.82, 2.24) is 10.0 Å². The molecule has 0 radical (unpaired) electrons. The maximum atomic E-state index is 12.3. The first-order chi connectivity index (χ1) is 12.1. The summed E-state index contributed by atoms with van der Waals surface area (Å²) in [6.07, 6.45) is 0. The van der Waals surface area contributed by atoms with Crippen LogP contribution in [0, 0.1) is 0 Å². The van der Waals surface area contributed by atoms with Crippen molar-refractivity contribution in [1.29, 1.82) is 0 Å². The van der Waals surface area contributed by atoms with Gasteiger partial charge in [0, 0.05) is 17.0 Å². The van der Waals surface area contributed by atoms with Gasteiger partial charge in [0.2, 0.25) is 10.0 Å². The zero-order chi connectivity index (χ0) is 19.4. The van der Waals surface area contributed by atoms with Crippen molar-refractivity contribution in [2.75, 3.05) is 7.05 Å². The van der Waals surface area contributed by atoms with Gasteiger partial charge >= 0.3 is 5.51 Å². The van der Waals surface area contributed by atoms with Crippen molar-refractivity contribution in [2.24, 2.45) is 0 Å². The molecule has 2 aromatic carbocycles. The second-order valence-electron chi connectivity index (χ2n) is 5.11. The van der Waals surface area contributed by atoms with Crippen molar-refractivity contribution >= 4 is 27.7 Å². The molecule has 0 saturated carbocycles. The van der Waals surface area contributed by atoms with E-state index in [4.69, 9.17) is 0 Å². The van der Waals surface area contributed by atoms with Crippen molar-refractivity contribution < 1.29 is 26.4 Å². The van der Waals surface area contributed by atoms with Gasteiger partial charge in [-0.3, -0.25) is 4.79 Å². The van der Waals surface area contributed by atoms with Gasteiger partial charge in [-0.2, -0.15) is 13.2 Å². The molecule has 0 unspecified atom stereocenters. The average Bonchev–Trinajstić information content (AvgIpc) is 2.59. The molecule has 26 heavy (non-hydrogen) atoms. The molecule has 0 atom stereocenters. The Morgan fingerprint density at radius 3 is 2.35 bits per heavy atom. The van der Waals surface area contributed by atoms with Gasteiger partial charge in [-0.1, -0.05) is 12.1 Å². The lowest BCUT2D eigenvalue weighted by Crippen LogP contribution is -2.23. The summed E-state index contributed by atoms with van der Waals surface area (Å²) in [7, 11) is -2.29.